The lowest BCUT2D eigenvalue weighted by Gasteiger charge is -2.26. The van der Waals surface area contributed by atoms with Gasteiger partial charge in [0.25, 0.3) is 0 Å². The average Bonchev–Trinajstić information content (AvgIpc) is 2.94. The first-order valence-electron chi connectivity index (χ1n) is 11.7. The minimum absolute atomic E-state index is 0.0771. The molecule has 2 aromatic heterocycles. The van der Waals surface area contributed by atoms with E-state index in [1.807, 2.05) is 6.07 Å². The molecule has 0 radical (unpaired) electrons. The zero-order chi connectivity index (χ0) is 26.0. The largest absolute Gasteiger partial charge is 0.497 e. The first kappa shape index (κ1) is 25.2. The third-order valence-corrected chi connectivity index (χ3v) is 5.84. The van der Waals surface area contributed by atoms with E-state index in [9.17, 15) is 14.4 Å². The molecular weight excluding hydrogens is 468 g/mol. The standard InChI is InChI=1S/C29H26N4O4/c1-37-22-15-13-20(14-16-22)23(19-24(34)21-9-3-2-4-10-21)27(28(35)32-25-11-5-7-17-30-25)29(36)33-26-12-6-8-18-31-26/h2-18,23,27H,19H2,1H3,(H,30,32,35)(H,31,33,36). The van der Waals surface area contributed by atoms with Gasteiger partial charge in [-0.1, -0.05) is 54.6 Å². The quantitative estimate of drug-likeness (QED) is 0.244. The second kappa shape index (κ2) is 12.2. The number of carbonyl (C=O) groups is 3. The monoisotopic (exact) mass is 494 g/mol. The van der Waals surface area contributed by atoms with Crippen LogP contribution in [0.4, 0.5) is 11.6 Å². The van der Waals surface area contributed by atoms with Crippen molar-refractivity contribution in [3.8, 4) is 5.75 Å². The molecule has 2 N–H and O–H groups in total. The van der Waals surface area contributed by atoms with Crippen molar-refractivity contribution in [3.05, 3.63) is 115 Å². The number of rotatable bonds is 10. The molecule has 186 valence electrons. The topological polar surface area (TPSA) is 110 Å². The molecule has 0 bridgehead atoms. The summed E-state index contributed by atoms with van der Waals surface area (Å²) >= 11 is 0. The van der Waals surface area contributed by atoms with Crippen LogP contribution in [0.25, 0.3) is 0 Å². The number of Topliss-reactive ketones (excluding diaryl/α,β-unsaturated/α-hetero) is 1. The number of hydrogen-bond acceptors (Lipinski definition) is 6. The highest BCUT2D eigenvalue weighted by Crippen LogP contribution is 2.33. The minimum atomic E-state index is -1.27. The lowest BCUT2D eigenvalue weighted by atomic mass is 9.80. The second-order valence-electron chi connectivity index (χ2n) is 8.26. The van der Waals surface area contributed by atoms with Gasteiger partial charge in [0.15, 0.2) is 5.78 Å². The van der Waals surface area contributed by atoms with Gasteiger partial charge in [-0.15, -0.1) is 0 Å². The summed E-state index contributed by atoms with van der Waals surface area (Å²) in [6.07, 6.45) is 3.00. The van der Waals surface area contributed by atoms with Crippen molar-refractivity contribution in [1.82, 2.24) is 9.97 Å². The summed E-state index contributed by atoms with van der Waals surface area (Å²) in [6.45, 7) is 0. The molecule has 0 spiro atoms. The van der Waals surface area contributed by atoms with Gasteiger partial charge >= 0.3 is 0 Å². The Bertz CT molecular complexity index is 1280. The Kier molecular flexibility index (Phi) is 8.33. The van der Waals surface area contributed by atoms with Crippen molar-refractivity contribution in [1.29, 1.82) is 0 Å². The van der Waals surface area contributed by atoms with Crippen molar-refractivity contribution in [3.63, 3.8) is 0 Å². The van der Waals surface area contributed by atoms with Crippen molar-refractivity contribution in [2.45, 2.75) is 12.3 Å². The third-order valence-electron chi connectivity index (χ3n) is 5.84. The van der Waals surface area contributed by atoms with Crippen LogP contribution in [-0.2, 0) is 9.59 Å². The van der Waals surface area contributed by atoms with E-state index in [0.717, 1.165) is 0 Å². The van der Waals surface area contributed by atoms with E-state index in [-0.39, 0.29) is 12.2 Å². The Morgan fingerprint density at radius 3 is 1.76 bits per heavy atom. The van der Waals surface area contributed by atoms with Crippen LogP contribution in [0.1, 0.15) is 28.3 Å². The van der Waals surface area contributed by atoms with E-state index in [1.54, 1.807) is 104 Å². The predicted octanol–water partition coefficient (Wildman–Crippen LogP) is 4.74. The summed E-state index contributed by atoms with van der Waals surface area (Å²) in [5.41, 5.74) is 1.14. The van der Waals surface area contributed by atoms with Crippen LogP contribution in [0.2, 0.25) is 0 Å². The van der Waals surface area contributed by atoms with Crippen LogP contribution in [0.3, 0.4) is 0 Å². The number of pyridine rings is 2. The van der Waals surface area contributed by atoms with E-state index in [0.29, 0.717) is 28.5 Å². The molecule has 0 aliphatic rings. The fraction of sp³-hybridized carbons (Fsp3) is 0.138. The fourth-order valence-corrected chi connectivity index (χ4v) is 3.99. The Hall–Kier alpha value is -4.85. The van der Waals surface area contributed by atoms with Gasteiger partial charge in [0, 0.05) is 30.3 Å². The zero-order valence-electron chi connectivity index (χ0n) is 20.2. The predicted molar refractivity (Wildman–Crippen MR) is 140 cm³/mol. The number of carbonyl (C=O) groups excluding carboxylic acids is 3. The van der Waals surface area contributed by atoms with E-state index in [2.05, 4.69) is 20.6 Å². The van der Waals surface area contributed by atoms with Crippen LogP contribution in [0, 0.1) is 5.92 Å². The molecule has 8 heteroatoms. The number of hydrogen-bond donors (Lipinski definition) is 2. The van der Waals surface area contributed by atoms with Crippen molar-refractivity contribution in [2.24, 2.45) is 5.92 Å². The maximum atomic E-state index is 13.6. The van der Waals surface area contributed by atoms with E-state index >= 15 is 0 Å². The number of anilines is 2. The molecule has 1 atom stereocenters. The van der Waals surface area contributed by atoms with Crippen LogP contribution < -0.4 is 15.4 Å². The van der Waals surface area contributed by atoms with Crippen LogP contribution in [0.5, 0.6) is 5.75 Å². The Morgan fingerprint density at radius 2 is 1.27 bits per heavy atom. The lowest BCUT2D eigenvalue weighted by Crippen LogP contribution is -2.39. The molecule has 2 aromatic carbocycles. The summed E-state index contributed by atoms with van der Waals surface area (Å²) < 4.78 is 5.27. The first-order valence-corrected chi connectivity index (χ1v) is 11.7. The fourth-order valence-electron chi connectivity index (χ4n) is 3.99. The van der Waals surface area contributed by atoms with Crippen molar-refractivity contribution in [2.75, 3.05) is 17.7 Å². The van der Waals surface area contributed by atoms with Crippen LogP contribution in [-0.4, -0.2) is 34.7 Å². The van der Waals surface area contributed by atoms with Gasteiger partial charge in [0.1, 0.15) is 23.3 Å². The normalized spacial score (nSPS) is 11.4. The SMILES string of the molecule is COc1ccc(C(CC(=O)c2ccccc2)C(C(=O)Nc2ccccn2)C(=O)Nc2ccccn2)cc1. The molecule has 37 heavy (non-hydrogen) atoms. The number of ether oxygens (including phenoxy) is 1. The summed E-state index contributed by atoms with van der Waals surface area (Å²) in [5, 5.41) is 5.45. The highest BCUT2D eigenvalue weighted by atomic mass is 16.5. The number of ketones is 1. The number of aromatic nitrogens is 2. The Morgan fingerprint density at radius 1 is 0.730 bits per heavy atom. The van der Waals surface area contributed by atoms with Gasteiger partial charge in [-0.05, 0) is 42.0 Å². The molecule has 2 heterocycles. The Balaban J connectivity index is 1.73. The molecular formula is C29H26N4O4. The molecule has 0 fully saturated rings. The third kappa shape index (κ3) is 6.64. The summed E-state index contributed by atoms with van der Waals surface area (Å²) in [6, 6.07) is 25.9. The maximum absolute atomic E-state index is 13.6. The number of nitrogens with one attached hydrogen (secondary N) is 2. The summed E-state index contributed by atoms with van der Waals surface area (Å²) in [5.74, 6) is -2.22. The van der Waals surface area contributed by atoms with Gasteiger partial charge in [-0.25, -0.2) is 9.97 Å². The smallest absolute Gasteiger partial charge is 0.238 e. The zero-order valence-corrected chi connectivity index (χ0v) is 20.2. The average molecular weight is 495 g/mol. The van der Waals surface area contributed by atoms with Gasteiger partial charge in [0.05, 0.1) is 7.11 Å². The van der Waals surface area contributed by atoms with Crippen LogP contribution >= 0.6 is 0 Å². The number of amides is 2. The highest BCUT2D eigenvalue weighted by molar-refractivity contribution is 6.11. The molecule has 0 aliphatic carbocycles. The summed E-state index contributed by atoms with van der Waals surface area (Å²) in [4.78, 5) is 48.9. The molecule has 0 aliphatic heterocycles. The van der Waals surface area contributed by atoms with Gasteiger partial charge < -0.3 is 15.4 Å². The second-order valence-corrected chi connectivity index (χ2v) is 8.26. The van der Waals surface area contributed by atoms with E-state index in [4.69, 9.17) is 4.74 Å². The summed E-state index contributed by atoms with van der Waals surface area (Å²) in [7, 11) is 1.55. The molecule has 8 nitrogen and oxygen atoms in total. The number of methoxy groups -OCH3 is 1. The van der Waals surface area contributed by atoms with Crippen LogP contribution in [0.15, 0.2) is 103 Å². The Labute approximate surface area is 214 Å². The van der Waals surface area contributed by atoms with Gasteiger partial charge in [0.2, 0.25) is 11.8 Å². The molecule has 2 amide bonds. The first-order chi connectivity index (χ1) is 18.0. The number of benzene rings is 2. The highest BCUT2D eigenvalue weighted by Gasteiger charge is 2.38. The lowest BCUT2D eigenvalue weighted by molar-refractivity contribution is -0.130. The number of nitrogens with zero attached hydrogens (tertiary/aromatic N) is 2. The molecule has 0 saturated heterocycles. The van der Waals surface area contributed by atoms with E-state index in [1.165, 1.54) is 0 Å². The van der Waals surface area contributed by atoms with Crippen molar-refractivity contribution >= 4 is 29.2 Å². The maximum Gasteiger partial charge on any atom is 0.238 e. The molecule has 4 aromatic rings. The minimum Gasteiger partial charge on any atom is -0.497 e. The molecule has 4 rings (SSSR count). The van der Waals surface area contributed by atoms with Crippen molar-refractivity contribution < 1.29 is 19.1 Å². The molecule has 0 saturated carbocycles. The molecule has 1 unspecified atom stereocenters. The van der Waals surface area contributed by atoms with Gasteiger partial charge in [-0.3, -0.25) is 14.4 Å². The van der Waals surface area contributed by atoms with E-state index < -0.39 is 23.7 Å². The van der Waals surface area contributed by atoms with Gasteiger partial charge in [-0.2, -0.15) is 0 Å².